The summed E-state index contributed by atoms with van der Waals surface area (Å²) in [5.74, 6) is -0.538. The molecule has 0 aromatic carbocycles. The molecule has 0 aromatic rings. The number of hydrogen-bond acceptors (Lipinski definition) is 5. The highest BCUT2D eigenvalue weighted by molar-refractivity contribution is 7.90. The molecule has 0 fully saturated rings. The highest BCUT2D eigenvalue weighted by atomic mass is 32.2. The predicted octanol–water partition coefficient (Wildman–Crippen LogP) is -1.15. The van der Waals surface area contributed by atoms with Crippen molar-refractivity contribution in [2.75, 3.05) is 39.2 Å². The zero-order chi connectivity index (χ0) is 13.7. The van der Waals surface area contributed by atoms with Gasteiger partial charge in [-0.15, -0.1) is 0 Å². The first-order chi connectivity index (χ1) is 7.52. The van der Waals surface area contributed by atoms with Crippen molar-refractivity contribution >= 4 is 15.7 Å². The predicted molar refractivity (Wildman–Crippen MR) is 66.5 cm³/mol. The number of aliphatic hydroxyl groups is 1. The molecule has 0 spiro atoms. The van der Waals surface area contributed by atoms with Gasteiger partial charge in [0.25, 0.3) is 0 Å². The Labute approximate surface area is 103 Å². The van der Waals surface area contributed by atoms with Crippen LogP contribution in [0.3, 0.4) is 0 Å². The van der Waals surface area contributed by atoms with Gasteiger partial charge in [0.15, 0.2) is 0 Å². The lowest BCUT2D eigenvalue weighted by molar-refractivity contribution is -0.122. The summed E-state index contributed by atoms with van der Waals surface area (Å²) >= 11 is 0. The van der Waals surface area contributed by atoms with Crippen molar-refractivity contribution in [3.05, 3.63) is 0 Å². The van der Waals surface area contributed by atoms with E-state index in [1.54, 1.807) is 6.92 Å². The molecule has 0 saturated carbocycles. The third-order valence-electron chi connectivity index (χ3n) is 2.02. The van der Waals surface area contributed by atoms with Crippen LogP contribution in [-0.2, 0) is 14.6 Å². The molecule has 2 N–H and O–H groups in total. The van der Waals surface area contributed by atoms with Crippen molar-refractivity contribution in [3.63, 3.8) is 0 Å². The van der Waals surface area contributed by atoms with E-state index in [0.717, 1.165) is 6.26 Å². The third kappa shape index (κ3) is 10.2. The zero-order valence-electron chi connectivity index (χ0n) is 10.9. The van der Waals surface area contributed by atoms with Gasteiger partial charge in [-0.3, -0.25) is 4.79 Å². The van der Waals surface area contributed by atoms with Gasteiger partial charge in [-0.2, -0.15) is 0 Å². The van der Waals surface area contributed by atoms with E-state index < -0.39 is 15.4 Å². The average molecular weight is 266 g/mol. The van der Waals surface area contributed by atoms with E-state index in [0.29, 0.717) is 6.54 Å². The van der Waals surface area contributed by atoms with E-state index in [4.69, 9.17) is 0 Å². The Morgan fingerprint density at radius 3 is 2.35 bits per heavy atom. The van der Waals surface area contributed by atoms with Crippen molar-refractivity contribution in [2.45, 2.75) is 18.9 Å². The highest BCUT2D eigenvalue weighted by Gasteiger charge is 2.22. The lowest BCUT2D eigenvalue weighted by Gasteiger charge is -2.27. The van der Waals surface area contributed by atoms with Gasteiger partial charge in [0.05, 0.1) is 11.4 Å². The number of carbonyl (C=O) groups is 1. The topological polar surface area (TPSA) is 86.7 Å². The van der Waals surface area contributed by atoms with Gasteiger partial charge in [0.2, 0.25) is 5.91 Å². The van der Waals surface area contributed by atoms with Gasteiger partial charge in [-0.05, 0) is 21.0 Å². The van der Waals surface area contributed by atoms with Gasteiger partial charge >= 0.3 is 0 Å². The normalized spacial score (nSPS) is 15.6. The van der Waals surface area contributed by atoms with Crippen molar-refractivity contribution in [3.8, 4) is 0 Å². The summed E-state index contributed by atoms with van der Waals surface area (Å²) < 4.78 is 21.7. The lowest BCUT2D eigenvalue weighted by atomic mass is 10.1. The molecule has 6 nitrogen and oxygen atoms in total. The van der Waals surface area contributed by atoms with E-state index in [9.17, 15) is 18.3 Å². The van der Waals surface area contributed by atoms with E-state index in [2.05, 4.69) is 5.32 Å². The van der Waals surface area contributed by atoms with Gasteiger partial charge in [0.1, 0.15) is 9.84 Å². The van der Waals surface area contributed by atoms with Gasteiger partial charge < -0.3 is 15.3 Å². The van der Waals surface area contributed by atoms with Crippen molar-refractivity contribution in [1.82, 2.24) is 10.2 Å². The Morgan fingerprint density at radius 1 is 1.41 bits per heavy atom. The quantitative estimate of drug-likeness (QED) is 0.607. The smallest absolute Gasteiger partial charge is 0.221 e. The molecule has 1 unspecified atom stereocenters. The second kappa shape index (κ2) is 6.32. The molecule has 0 aliphatic carbocycles. The summed E-state index contributed by atoms with van der Waals surface area (Å²) in [5.41, 5.74) is -1.02. The maximum Gasteiger partial charge on any atom is 0.221 e. The van der Waals surface area contributed by atoms with Crippen molar-refractivity contribution < 1.29 is 18.3 Å². The largest absolute Gasteiger partial charge is 0.387 e. The molecular weight excluding hydrogens is 244 g/mol. The molecular formula is C10H22N2O4S. The van der Waals surface area contributed by atoms with Crippen LogP contribution in [0.15, 0.2) is 0 Å². The molecule has 0 heterocycles. The molecule has 0 radical (unpaired) electrons. The maximum absolute atomic E-state index is 11.3. The first-order valence-electron chi connectivity index (χ1n) is 5.33. The standard InChI is InChI=1S/C10H22N2O4S/c1-10(14,8-12(2)3)7-11-9(13)5-6-17(4,15)16/h14H,5-8H2,1-4H3,(H,11,13). The summed E-state index contributed by atoms with van der Waals surface area (Å²) in [6, 6.07) is 0. The Hall–Kier alpha value is -0.660. The third-order valence-corrected chi connectivity index (χ3v) is 2.97. The van der Waals surface area contributed by atoms with E-state index >= 15 is 0 Å². The minimum absolute atomic E-state index is 0.0725. The molecule has 0 bridgehead atoms. The minimum atomic E-state index is -3.12. The summed E-state index contributed by atoms with van der Waals surface area (Å²) in [5, 5.41) is 12.4. The summed E-state index contributed by atoms with van der Waals surface area (Å²) in [7, 11) is 0.515. The van der Waals surface area contributed by atoms with Crippen LogP contribution in [0.4, 0.5) is 0 Å². The second-order valence-corrected chi connectivity index (χ2v) is 7.15. The van der Waals surface area contributed by atoms with Crippen molar-refractivity contribution in [1.29, 1.82) is 0 Å². The van der Waals surface area contributed by atoms with E-state index in [-0.39, 0.29) is 24.6 Å². The fourth-order valence-electron chi connectivity index (χ4n) is 1.39. The molecule has 0 saturated heterocycles. The highest BCUT2D eigenvalue weighted by Crippen LogP contribution is 2.02. The molecule has 0 aliphatic heterocycles. The lowest BCUT2D eigenvalue weighted by Crippen LogP contribution is -2.47. The molecule has 0 rings (SSSR count). The molecule has 1 atom stereocenters. The number of nitrogens with zero attached hydrogens (tertiary/aromatic N) is 1. The van der Waals surface area contributed by atoms with Crippen LogP contribution >= 0.6 is 0 Å². The Kier molecular flexibility index (Phi) is 6.08. The molecule has 1 amide bonds. The van der Waals surface area contributed by atoms with Gasteiger partial charge in [-0.1, -0.05) is 0 Å². The van der Waals surface area contributed by atoms with Crippen LogP contribution < -0.4 is 5.32 Å². The summed E-state index contributed by atoms with van der Waals surface area (Å²) in [6.45, 7) is 2.14. The summed E-state index contributed by atoms with van der Waals surface area (Å²) in [6.07, 6.45) is 1.01. The molecule has 7 heteroatoms. The number of nitrogens with one attached hydrogen (secondary N) is 1. The number of rotatable bonds is 7. The first kappa shape index (κ1) is 16.3. The van der Waals surface area contributed by atoms with Crippen molar-refractivity contribution in [2.24, 2.45) is 0 Å². The Balaban J connectivity index is 3.99. The SMILES string of the molecule is CN(C)CC(C)(O)CNC(=O)CCS(C)(=O)=O. The minimum Gasteiger partial charge on any atom is -0.387 e. The number of carbonyl (C=O) groups excluding carboxylic acids is 1. The first-order valence-corrected chi connectivity index (χ1v) is 7.39. The van der Waals surface area contributed by atoms with Gasteiger partial charge in [0, 0.05) is 25.8 Å². The monoisotopic (exact) mass is 266 g/mol. The zero-order valence-corrected chi connectivity index (χ0v) is 11.7. The van der Waals surface area contributed by atoms with E-state index in [1.807, 2.05) is 19.0 Å². The van der Waals surface area contributed by atoms with E-state index in [1.165, 1.54) is 0 Å². The second-order valence-electron chi connectivity index (χ2n) is 4.89. The van der Waals surface area contributed by atoms with Crippen LogP contribution in [0.2, 0.25) is 0 Å². The van der Waals surface area contributed by atoms with Gasteiger partial charge in [-0.25, -0.2) is 8.42 Å². The number of likely N-dealkylation sites (N-methyl/N-ethyl adjacent to an activating group) is 1. The molecule has 17 heavy (non-hydrogen) atoms. The van der Waals surface area contributed by atoms with Crippen LogP contribution in [0.1, 0.15) is 13.3 Å². The molecule has 0 aliphatic rings. The number of amides is 1. The Morgan fingerprint density at radius 2 is 1.94 bits per heavy atom. The van der Waals surface area contributed by atoms with Crippen LogP contribution in [0.25, 0.3) is 0 Å². The number of sulfone groups is 1. The van der Waals surface area contributed by atoms with Crippen LogP contribution in [0, 0.1) is 0 Å². The summed E-state index contributed by atoms with van der Waals surface area (Å²) in [4.78, 5) is 13.1. The van der Waals surface area contributed by atoms with Crippen LogP contribution in [0.5, 0.6) is 0 Å². The fraction of sp³-hybridized carbons (Fsp3) is 0.900. The Bertz CT molecular complexity index is 349. The molecule has 0 aromatic heterocycles. The van der Waals surface area contributed by atoms with Crippen LogP contribution in [-0.4, -0.2) is 69.1 Å². The average Bonchev–Trinajstić information content (AvgIpc) is 2.08. The fourth-order valence-corrected chi connectivity index (χ4v) is 1.95. The number of hydrogen-bond donors (Lipinski definition) is 2. The maximum atomic E-state index is 11.3. The molecule has 102 valence electrons.